The number of nitrogens with zero attached hydrogens (tertiary/aromatic N) is 1. The van der Waals surface area contributed by atoms with Gasteiger partial charge in [0.25, 0.3) is 5.91 Å². The van der Waals surface area contributed by atoms with Crippen LogP contribution in [0.25, 0.3) is 10.8 Å². The van der Waals surface area contributed by atoms with Crippen molar-refractivity contribution < 1.29 is 19.0 Å². The first-order valence-electron chi connectivity index (χ1n) is 15.3. The molecule has 0 unspecified atom stereocenters. The van der Waals surface area contributed by atoms with E-state index in [2.05, 4.69) is 83.4 Å². The minimum Gasteiger partial charge on any atom is -0.493 e. The summed E-state index contributed by atoms with van der Waals surface area (Å²) >= 11 is 4.97. The fourth-order valence-corrected chi connectivity index (χ4v) is 5.96. The third-order valence-electron chi connectivity index (χ3n) is 8.35. The Bertz CT molecular complexity index is 1320. The van der Waals surface area contributed by atoms with Crippen molar-refractivity contribution in [3.8, 4) is 5.75 Å². The Labute approximate surface area is 258 Å². The fraction of sp³-hybridized carbons (Fsp3) is 0.471. The van der Waals surface area contributed by atoms with Crippen molar-refractivity contribution >= 4 is 53.8 Å². The molecule has 6 nitrogen and oxygen atoms in total. The molecule has 0 atom stereocenters. The Morgan fingerprint density at radius 3 is 2.02 bits per heavy atom. The lowest BCUT2D eigenvalue weighted by atomic mass is 9.75. The average Bonchev–Trinajstić information content (AvgIpc) is 3.38. The number of rotatable bonds is 13. The molecule has 2 amide bonds. The van der Waals surface area contributed by atoms with Crippen LogP contribution in [0, 0.1) is 0 Å². The summed E-state index contributed by atoms with van der Waals surface area (Å²) in [6.07, 6.45) is 5.60. The van der Waals surface area contributed by atoms with E-state index in [0.717, 1.165) is 56.3 Å². The van der Waals surface area contributed by atoms with E-state index in [1.807, 2.05) is 12.1 Å². The van der Waals surface area contributed by atoms with Gasteiger partial charge in [0, 0.05) is 10.1 Å². The number of carbonyl (C=O) groups is 2. The van der Waals surface area contributed by atoms with Crippen molar-refractivity contribution in [2.75, 3.05) is 11.6 Å². The first-order valence-corrected chi connectivity index (χ1v) is 15.7. The summed E-state index contributed by atoms with van der Waals surface area (Å²) < 4.78 is 11.9. The number of hydrogen-bond acceptors (Lipinski definition) is 5. The van der Waals surface area contributed by atoms with Crippen molar-refractivity contribution in [3.63, 3.8) is 0 Å². The highest BCUT2D eigenvalue weighted by atomic mass is 32.1. The van der Waals surface area contributed by atoms with Gasteiger partial charge in [-0.05, 0) is 67.7 Å². The summed E-state index contributed by atoms with van der Waals surface area (Å²) in [4.78, 5) is 23.1. The Kier molecular flexibility index (Phi) is 12.4. The molecule has 1 heterocycles. The minimum absolute atomic E-state index is 0.107. The van der Waals surface area contributed by atoms with E-state index in [1.165, 1.54) is 21.3 Å². The molecule has 4 rings (SSSR count). The van der Waals surface area contributed by atoms with E-state index in [0.29, 0.717) is 5.69 Å². The highest BCUT2D eigenvalue weighted by molar-refractivity contribution is 7.82. The molecule has 42 heavy (non-hydrogen) atoms. The van der Waals surface area contributed by atoms with E-state index >= 15 is 0 Å². The Balaban J connectivity index is 0.000000258. The molecule has 1 radical (unpaired) electrons. The summed E-state index contributed by atoms with van der Waals surface area (Å²) in [7, 11) is 1.78. The van der Waals surface area contributed by atoms with Gasteiger partial charge in [0.1, 0.15) is 12.2 Å². The smallest absolute Gasteiger partial charge is 0.330 e. The van der Waals surface area contributed by atoms with Crippen molar-refractivity contribution in [2.45, 2.75) is 96.8 Å². The molecule has 1 aliphatic rings. The average molecular weight is 590 g/mol. The number of fused-ring (bicyclic) bond motifs is 1. The molecule has 0 aromatic heterocycles. The van der Waals surface area contributed by atoms with Crippen molar-refractivity contribution in [1.82, 2.24) is 5.43 Å². The maximum absolute atomic E-state index is 11.8. The molecule has 8 heteroatoms. The van der Waals surface area contributed by atoms with Crippen LogP contribution in [0.15, 0.2) is 60.7 Å². The largest absolute Gasteiger partial charge is 0.493 e. The lowest BCUT2D eigenvalue weighted by Gasteiger charge is -2.47. The van der Waals surface area contributed by atoms with E-state index < -0.39 is 0 Å². The quantitative estimate of drug-likeness (QED) is 0.129. The Morgan fingerprint density at radius 1 is 0.857 bits per heavy atom. The zero-order valence-corrected chi connectivity index (χ0v) is 26.9. The molecule has 225 valence electrons. The zero-order valence-electron chi connectivity index (χ0n) is 26.0. The maximum atomic E-state index is 11.8. The Morgan fingerprint density at radius 2 is 1.50 bits per heavy atom. The molecule has 0 aliphatic carbocycles. The molecule has 0 spiro atoms. The first kappa shape index (κ1) is 33.5. The predicted octanol–water partition coefficient (Wildman–Crippen LogP) is 6.95. The summed E-state index contributed by atoms with van der Waals surface area (Å²) in [5, 5.41) is 3.83. The number of carbonyl (C=O) groups excluding carboxylic acids is 2. The van der Waals surface area contributed by atoms with Gasteiger partial charge in [-0.25, -0.2) is 5.01 Å². The Hall–Kier alpha value is -2.97. The first-order chi connectivity index (χ1) is 20.2. The lowest BCUT2D eigenvalue weighted by molar-refractivity contribution is -0.122. The van der Waals surface area contributed by atoms with E-state index in [9.17, 15) is 9.59 Å². The summed E-state index contributed by atoms with van der Waals surface area (Å²) in [5.41, 5.74) is 5.14. The number of ether oxygens (including phenoxy) is 1. The van der Waals surface area contributed by atoms with Gasteiger partial charge in [-0.2, -0.15) is 12.6 Å². The van der Waals surface area contributed by atoms with Crippen LogP contribution in [0.3, 0.4) is 0 Å². The van der Waals surface area contributed by atoms with Gasteiger partial charge in [0.05, 0.1) is 17.9 Å². The number of amides is 2. The molecule has 0 saturated carbocycles. The minimum atomic E-state index is -0.336. The molecular formula is C34H46BN2O4S. The molecule has 1 fully saturated rings. The molecule has 0 bridgehead atoms. The topological polar surface area (TPSA) is 67.9 Å². The number of hydrogen-bond donors (Lipinski definition) is 2. The van der Waals surface area contributed by atoms with Gasteiger partial charge in [0.2, 0.25) is 5.91 Å². The van der Waals surface area contributed by atoms with Gasteiger partial charge in [-0.3, -0.25) is 15.0 Å². The van der Waals surface area contributed by atoms with E-state index in [-0.39, 0.29) is 28.6 Å². The van der Waals surface area contributed by atoms with Crippen molar-refractivity contribution in [2.24, 2.45) is 0 Å². The maximum Gasteiger partial charge on any atom is 0.330 e. The van der Waals surface area contributed by atoms with Crippen LogP contribution in [-0.4, -0.2) is 36.3 Å². The molecule has 1 aliphatic heterocycles. The van der Waals surface area contributed by atoms with Crippen LogP contribution in [0.1, 0.15) is 85.6 Å². The second kappa shape index (κ2) is 15.5. The highest BCUT2D eigenvalue weighted by Gasteiger charge is 2.45. The fourth-order valence-electron chi connectivity index (χ4n) is 5.59. The third kappa shape index (κ3) is 7.51. The normalized spacial score (nSPS) is 13.5. The lowest BCUT2D eigenvalue weighted by Crippen LogP contribution is -2.52. The number of thiol groups is 1. The van der Waals surface area contributed by atoms with Crippen molar-refractivity contribution in [1.29, 1.82) is 0 Å². The zero-order chi connectivity index (χ0) is 30.8. The number of nitrogens with one attached hydrogen (secondary N) is 1. The van der Waals surface area contributed by atoms with E-state index in [1.54, 1.807) is 19.6 Å². The monoisotopic (exact) mass is 589 g/mol. The standard InChI is InChI=1S/C19H28BN2O3S.C15H18O/c1-5-18(6-2,19(26,7-3)8-4)25-20-14-9-11-15(12-10-14)22-17(24)13-16(23)21-22;1-3-11-16-15-10-9-12(4-2)13-7-5-6-8-14(13)15/h9-12,26H,5-8,13H2,1-4H3,(H,21,23);5-10H,3-4,11H2,1-2H3. The number of aryl methyl sites for hydroxylation is 1. The molecular weight excluding hydrogens is 543 g/mol. The molecule has 1 saturated heterocycles. The number of anilines is 1. The summed E-state index contributed by atoms with van der Waals surface area (Å²) in [6, 6.07) is 20.1. The van der Waals surface area contributed by atoms with Crippen molar-refractivity contribution in [3.05, 3.63) is 66.2 Å². The van der Waals surface area contributed by atoms with Crippen LogP contribution in [0.2, 0.25) is 0 Å². The SMILES string of the molecule is CCC(S)(CC)C(CC)(CC)O[B]c1ccc(N2NC(=O)CC2=O)cc1.CCCOc1ccc(CC)c2ccccc12. The van der Waals surface area contributed by atoms with Gasteiger partial charge in [-0.1, -0.05) is 89.5 Å². The molecule has 3 aromatic carbocycles. The van der Waals surface area contributed by atoms with Gasteiger partial charge in [0.15, 0.2) is 0 Å². The van der Waals surface area contributed by atoms with Gasteiger partial charge < -0.3 is 9.39 Å². The van der Waals surface area contributed by atoms with Crippen LogP contribution in [0.4, 0.5) is 5.69 Å². The predicted molar refractivity (Wildman–Crippen MR) is 178 cm³/mol. The highest BCUT2D eigenvalue weighted by Crippen LogP contribution is 2.42. The second-order valence-corrected chi connectivity index (χ2v) is 11.5. The van der Waals surface area contributed by atoms with Gasteiger partial charge in [-0.15, -0.1) is 0 Å². The van der Waals surface area contributed by atoms with Crippen LogP contribution >= 0.6 is 12.6 Å². The van der Waals surface area contributed by atoms with Crippen LogP contribution < -0.4 is 20.6 Å². The molecule has 1 N–H and O–H groups in total. The summed E-state index contributed by atoms with van der Waals surface area (Å²) in [6.45, 7) is 13.7. The number of hydrazine groups is 1. The molecule has 3 aromatic rings. The van der Waals surface area contributed by atoms with Crippen LogP contribution in [-0.2, 0) is 20.7 Å². The van der Waals surface area contributed by atoms with Gasteiger partial charge >= 0.3 is 7.48 Å². The second-order valence-electron chi connectivity index (χ2n) is 10.7. The third-order valence-corrected chi connectivity index (χ3v) is 9.39. The van der Waals surface area contributed by atoms with E-state index in [4.69, 9.17) is 22.0 Å². The number of benzene rings is 3. The summed E-state index contributed by atoms with van der Waals surface area (Å²) in [5.74, 6) is 0.480. The van der Waals surface area contributed by atoms with Crippen LogP contribution in [0.5, 0.6) is 5.75 Å².